The summed E-state index contributed by atoms with van der Waals surface area (Å²) in [4.78, 5) is 11.6. The summed E-state index contributed by atoms with van der Waals surface area (Å²) in [5.74, 6) is 0.621. The Morgan fingerprint density at radius 2 is 2.12 bits per heavy atom. The fourth-order valence-electron chi connectivity index (χ4n) is 4.34. The zero-order chi connectivity index (χ0) is 16.4. The number of Topliss-reactive ketones (excluding diaryl/α,β-unsaturated/α-hetero) is 1. The molecule has 0 N–H and O–H groups in total. The molecule has 3 fully saturated rings. The minimum atomic E-state index is 0.223. The van der Waals surface area contributed by atoms with E-state index in [1.807, 2.05) is 10.9 Å². The summed E-state index contributed by atoms with van der Waals surface area (Å²) in [6, 6.07) is 0. The lowest BCUT2D eigenvalue weighted by Crippen LogP contribution is -2.41. The molecule has 1 saturated carbocycles. The molecule has 4 rings (SSSR count). The topological polar surface area (TPSA) is 66.2 Å². The van der Waals surface area contributed by atoms with E-state index in [0.29, 0.717) is 17.6 Å². The van der Waals surface area contributed by atoms with Crippen LogP contribution in [-0.4, -0.2) is 46.7 Å². The maximum atomic E-state index is 11.6. The Kier molecular flexibility index (Phi) is 4.68. The monoisotopic (exact) mass is 333 g/mol. The molecule has 2 atom stereocenters. The van der Waals surface area contributed by atoms with E-state index in [2.05, 4.69) is 10.3 Å². The van der Waals surface area contributed by atoms with Crippen LogP contribution in [0.4, 0.5) is 0 Å². The largest absolute Gasteiger partial charge is 0.381 e. The van der Waals surface area contributed by atoms with Crippen molar-refractivity contribution in [2.75, 3.05) is 19.8 Å². The summed E-state index contributed by atoms with van der Waals surface area (Å²) in [6.07, 6.45) is 10.2. The Morgan fingerprint density at radius 3 is 2.88 bits per heavy atom. The summed E-state index contributed by atoms with van der Waals surface area (Å²) in [6.45, 7) is 3.36. The second-order valence-electron chi connectivity index (χ2n) is 7.78. The summed E-state index contributed by atoms with van der Waals surface area (Å²) >= 11 is 0. The fourth-order valence-corrected chi connectivity index (χ4v) is 4.34. The highest BCUT2D eigenvalue weighted by Gasteiger charge is 2.37. The van der Waals surface area contributed by atoms with Gasteiger partial charge in [-0.1, -0.05) is 5.21 Å². The number of carbonyl (C=O) groups excluding carboxylic acids is 1. The zero-order valence-corrected chi connectivity index (χ0v) is 14.3. The summed E-state index contributed by atoms with van der Waals surface area (Å²) < 4.78 is 13.5. The van der Waals surface area contributed by atoms with Crippen LogP contribution in [0.2, 0.25) is 0 Å². The van der Waals surface area contributed by atoms with Crippen LogP contribution >= 0.6 is 0 Å². The van der Waals surface area contributed by atoms with Crippen molar-refractivity contribution in [3.05, 3.63) is 11.9 Å². The first-order valence-corrected chi connectivity index (χ1v) is 9.34. The SMILES string of the molecule is O=C1CCCC(c2cn(CC3CCC4(CCOCC4)CO3)nn2)C1. The number of ketones is 1. The molecule has 0 bridgehead atoms. The van der Waals surface area contributed by atoms with Gasteiger partial charge < -0.3 is 9.47 Å². The van der Waals surface area contributed by atoms with Crippen molar-refractivity contribution in [2.24, 2.45) is 5.41 Å². The third-order valence-electron chi connectivity index (χ3n) is 6.02. The molecule has 3 aliphatic rings. The van der Waals surface area contributed by atoms with Gasteiger partial charge in [-0.3, -0.25) is 4.79 Å². The normalized spacial score (nSPS) is 30.6. The van der Waals surface area contributed by atoms with Crippen molar-refractivity contribution in [1.29, 1.82) is 0 Å². The van der Waals surface area contributed by atoms with Crippen LogP contribution in [0, 0.1) is 5.41 Å². The third kappa shape index (κ3) is 3.54. The molecule has 2 unspecified atom stereocenters. The average molecular weight is 333 g/mol. The molecule has 24 heavy (non-hydrogen) atoms. The summed E-state index contributed by atoms with van der Waals surface area (Å²) in [5, 5.41) is 8.58. The van der Waals surface area contributed by atoms with Crippen LogP contribution in [-0.2, 0) is 20.8 Å². The molecular weight excluding hydrogens is 306 g/mol. The molecule has 0 amide bonds. The Hall–Kier alpha value is -1.27. The molecule has 0 radical (unpaired) electrons. The highest BCUT2D eigenvalue weighted by molar-refractivity contribution is 5.79. The van der Waals surface area contributed by atoms with Crippen molar-refractivity contribution in [1.82, 2.24) is 15.0 Å². The number of hydrogen-bond acceptors (Lipinski definition) is 5. The molecule has 6 nitrogen and oxygen atoms in total. The summed E-state index contributed by atoms with van der Waals surface area (Å²) in [7, 11) is 0. The van der Waals surface area contributed by atoms with Crippen LogP contribution in [0.3, 0.4) is 0 Å². The lowest BCUT2D eigenvalue weighted by molar-refractivity contribution is -0.120. The Bertz CT molecular complexity index is 570. The first-order valence-electron chi connectivity index (χ1n) is 9.34. The molecule has 2 aliphatic heterocycles. The van der Waals surface area contributed by atoms with Gasteiger partial charge in [0.15, 0.2) is 0 Å². The first kappa shape index (κ1) is 16.2. The number of aromatic nitrogens is 3. The Morgan fingerprint density at radius 1 is 1.25 bits per heavy atom. The van der Waals surface area contributed by atoms with Crippen LogP contribution < -0.4 is 0 Å². The Labute approximate surface area is 142 Å². The van der Waals surface area contributed by atoms with E-state index in [1.54, 1.807) is 0 Å². The van der Waals surface area contributed by atoms with Gasteiger partial charge in [-0.05, 0) is 43.9 Å². The molecule has 1 aliphatic carbocycles. The average Bonchev–Trinajstić information content (AvgIpc) is 3.07. The van der Waals surface area contributed by atoms with Crippen LogP contribution in [0.5, 0.6) is 0 Å². The van der Waals surface area contributed by atoms with Crippen LogP contribution in [0.1, 0.15) is 63.0 Å². The van der Waals surface area contributed by atoms with Gasteiger partial charge in [0.25, 0.3) is 0 Å². The van der Waals surface area contributed by atoms with E-state index in [1.165, 1.54) is 6.42 Å². The van der Waals surface area contributed by atoms with Gasteiger partial charge in [0.1, 0.15) is 5.78 Å². The van der Waals surface area contributed by atoms with Crippen molar-refractivity contribution in [2.45, 2.75) is 69.9 Å². The van der Waals surface area contributed by atoms with Gasteiger partial charge in [0.05, 0.1) is 24.9 Å². The maximum absolute atomic E-state index is 11.6. The minimum absolute atomic E-state index is 0.223. The van der Waals surface area contributed by atoms with E-state index in [4.69, 9.17) is 9.47 Å². The maximum Gasteiger partial charge on any atom is 0.133 e. The number of hydrogen-bond donors (Lipinski definition) is 0. The van der Waals surface area contributed by atoms with Gasteiger partial charge in [-0.2, -0.15) is 0 Å². The fraction of sp³-hybridized carbons (Fsp3) is 0.833. The van der Waals surface area contributed by atoms with Crippen molar-refractivity contribution in [3.8, 4) is 0 Å². The second kappa shape index (κ2) is 6.92. The lowest BCUT2D eigenvalue weighted by Gasteiger charge is -2.42. The highest BCUT2D eigenvalue weighted by atomic mass is 16.5. The lowest BCUT2D eigenvalue weighted by atomic mass is 9.75. The molecular formula is C18H27N3O3. The van der Waals surface area contributed by atoms with E-state index in [9.17, 15) is 4.79 Å². The molecule has 0 aromatic carbocycles. The van der Waals surface area contributed by atoms with Gasteiger partial charge in [0.2, 0.25) is 0 Å². The van der Waals surface area contributed by atoms with Gasteiger partial charge in [0, 0.05) is 38.2 Å². The predicted octanol–water partition coefficient (Wildman–Crippen LogP) is 2.48. The van der Waals surface area contributed by atoms with Gasteiger partial charge in [-0.25, -0.2) is 4.68 Å². The van der Waals surface area contributed by atoms with Gasteiger partial charge in [-0.15, -0.1) is 5.10 Å². The number of nitrogens with zero attached hydrogens (tertiary/aromatic N) is 3. The number of carbonyl (C=O) groups is 1. The van der Waals surface area contributed by atoms with Crippen molar-refractivity contribution in [3.63, 3.8) is 0 Å². The molecule has 3 heterocycles. The predicted molar refractivity (Wildman–Crippen MR) is 87.7 cm³/mol. The van der Waals surface area contributed by atoms with E-state index in [0.717, 1.165) is 70.6 Å². The van der Waals surface area contributed by atoms with Gasteiger partial charge >= 0.3 is 0 Å². The van der Waals surface area contributed by atoms with E-state index in [-0.39, 0.29) is 12.0 Å². The van der Waals surface area contributed by atoms with E-state index < -0.39 is 0 Å². The standard InChI is InChI=1S/C18H27N3O3/c22-15-3-1-2-14(10-15)17-12-21(20-19-17)11-16-4-5-18(13-24-16)6-8-23-9-7-18/h12,14,16H,1-11,13H2. The molecule has 1 aromatic rings. The molecule has 132 valence electrons. The van der Waals surface area contributed by atoms with E-state index >= 15 is 0 Å². The molecule has 1 aromatic heterocycles. The Balaban J connectivity index is 1.31. The summed E-state index contributed by atoms with van der Waals surface area (Å²) in [5.41, 5.74) is 1.32. The first-order chi connectivity index (χ1) is 11.7. The van der Waals surface area contributed by atoms with Crippen molar-refractivity contribution >= 4 is 5.78 Å². The van der Waals surface area contributed by atoms with Crippen molar-refractivity contribution < 1.29 is 14.3 Å². The number of ether oxygens (including phenoxy) is 2. The molecule has 2 saturated heterocycles. The molecule has 6 heteroatoms. The quantitative estimate of drug-likeness (QED) is 0.850. The zero-order valence-electron chi connectivity index (χ0n) is 14.3. The number of rotatable bonds is 3. The molecule has 1 spiro atoms. The second-order valence-corrected chi connectivity index (χ2v) is 7.78. The smallest absolute Gasteiger partial charge is 0.133 e. The third-order valence-corrected chi connectivity index (χ3v) is 6.02. The van der Waals surface area contributed by atoms with Crippen LogP contribution in [0.25, 0.3) is 0 Å². The highest BCUT2D eigenvalue weighted by Crippen LogP contribution is 2.40. The minimum Gasteiger partial charge on any atom is -0.381 e. The van der Waals surface area contributed by atoms with Crippen LogP contribution in [0.15, 0.2) is 6.20 Å².